The number of aromatic amines is 1. The second-order valence-corrected chi connectivity index (χ2v) is 18.5. The lowest BCUT2D eigenvalue weighted by atomic mass is 9.47. The summed E-state index contributed by atoms with van der Waals surface area (Å²) in [7, 11) is 4.18. The maximum absolute atomic E-state index is 15.4. The Morgan fingerprint density at radius 3 is 2.43 bits per heavy atom. The molecule has 12 atom stereocenters. The molecular weight excluding hydrogens is 769 g/mol. The van der Waals surface area contributed by atoms with Gasteiger partial charge >= 0.3 is 17.9 Å². The van der Waals surface area contributed by atoms with E-state index in [0.29, 0.717) is 83.4 Å². The maximum Gasteiger partial charge on any atom is 0.344 e. The number of benzene rings is 1. The zero-order chi connectivity index (χ0) is 42.6. The monoisotopic (exact) mass is 826 g/mol. The molecule has 7 aliphatic rings. The highest BCUT2D eigenvalue weighted by atomic mass is 16.6. The molecule has 322 valence electrons. The van der Waals surface area contributed by atoms with Gasteiger partial charge in [0.2, 0.25) is 12.0 Å². The van der Waals surface area contributed by atoms with Crippen LogP contribution >= 0.6 is 0 Å². The number of aromatic nitrogens is 1. The molecule has 60 heavy (non-hydrogen) atoms. The van der Waals surface area contributed by atoms with Gasteiger partial charge in [-0.15, -0.1) is 0 Å². The lowest BCUT2D eigenvalue weighted by molar-refractivity contribution is -0.242. The lowest BCUT2D eigenvalue weighted by Crippen LogP contribution is -2.80. The summed E-state index contributed by atoms with van der Waals surface area (Å²) in [6.07, 6.45) is 9.19. The Bertz CT molecular complexity index is 2220. The van der Waals surface area contributed by atoms with Crippen molar-refractivity contribution in [2.45, 2.75) is 100 Å². The van der Waals surface area contributed by atoms with Crippen LogP contribution in [0.3, 0.4) is 0 Å². The van der Waals surface area contributed by atoms with Crippen LogP contribution in [0.25, 0.3) is 10.9 Å². The van der Waals surface area contributed by atoms with E-state index in [1.165, 1.54) is 26.0 Å². The zero-order valence-electron chi connectivity index (χ0n) is 35.4. The number of carbonyl (C=O) groups excluding carboxylic acids is 4. The first-order chi connectivity index (χ1) is 28.8. The smallest absolute Gasteiger partial charge is 0.344 e. The minimum Gasteiger partial charge on any atom is -0.468 e. The van der Waals surface area contributed by atoms with Gasteiger partial charge in [0.15, 0.2) is 6.10 Å². The van der Waals surface area contributed by atoms with Crippen LogP contribution in [0.4, 0.5) is 0 Å². The van der Waals surface area contributed by atoms with E-state index in [2.05, 4.69) is 26.9 Å². The van der Waals surface area contributed by atoms with Crippen molar-refractivity contribution >= 4 is 35.2 Å². The summed E-state index contributed by atoms with van der Waals surface area (Å²) in [6, 6.07) is 6.37. The molecule has 1 saturated carbocycles. The molecule has 2 aromatic rings. The van der Waals surface area contributed by atoms with Crippen molar-refractivity contribution in [1.82, 2.24) is 19.7 Å². The van der Waals surface area contributed by atoms with Crippen molar-refractivity contribution < 1.29 is 48.3 Å². The van der Waals surface area contributed by atoms with E-state index in [9.17, 15) is 24.6 Å². The van der Waals surface area contributed by atoms with Crippen molar-refractivity contribution in [3.63, 3.8) is 0 Å². The Kier molecular flexibility index (Phi) is 9.83. The normalized spacial score (nSPS) is 40.4. The van der Waals surface area contributed by atoms with E-state index < -0.39 is 75.6 Å². The number of rotatable bonds is 8. The molecule has 0 radical (unpaired) electrons. The first-order valence-electron chi connectivity index (χ1n) is 21.5. The first-order valence-corrected chi connectivity index (χ1v) is 21.5. The van der Waals surface area contributed by atoms with E-state index >= 15 is 4.79 Å². The van der Waals surface area contributed by atoms with E-state index in [1.54, 1.807) is 7.11 Å². The predicted octanol–water partition coefficient (Wildman–Crippen LogP) is 3.16. The quantitative estimate of drug-likeness (QED) is 0.154. The molecule has 2 aliphatic carbocycles. The summed E-state index contributed by atoms with van der Waals surface area (Å²) in [5.41, 5.74) is -3.23. The van der Waals surface area contributed by atoms with Gasteiger partial charge in [0, 0.05) is 85.3 Å². The molecule has 1 aromatic heterocycles. The molecule has 1 spiro atoms. The maximum atomic E-state index is 15.4. The number of carbonyl (C=O) groups is 4. The van der Waals surface area contributed by atoms with Crippen LogP contribution in [0.1, 0.15) is 64.1 Å². The van der Waals surface area contributed by atoms with Gasteiger partial charge < -0.3 is 39.0 Å². The van der Waals surface area contributed by atoms with E-state index in [1.807, 2.05) is 50.3 Å². The van der Waals surface area contributed by atoms with Gasteiger partial charge in [-0.25, -0.2) is 4.79 Å². The molecule has 4 fully saturated rings. The third-order valence-electron chi connectivity index (χ3n) is 15.9. The van der Waals surface area contributed by atoms with Crippen molar-refractivity contribution in [2.75, 3.05) is 54.1 Å². The highest BCUT2D eigenvalue weighted by molar-refractivity contribution is 5.92. The van der Waals surface area contributed by atoms with Crippen molar-refractivity contribution in [3.8, 4) is 0 Å². The van der Waals surface area contributed by atoms with Crippen LogP contribution in [0.2, 0.25) is 0 Å². The first kappa shape index (κ1) is 41.0. The van der Waals surface area contributed by atoms with Crippen LogP contribution in [0, 0.1) is 22.7 Å². The molecule has 14 heteroatoms. The third-order valence-corrected chi connectivity index (χ3v) is 15.9. The second kappa shape index (κ2) is 14.4. The number of para-hydroxylation sites is 1. The van der Waals surface area contributed by atoms with Gasteiger partial charge in [-0.1, -0.05) is 50.3 Å². The number of hydrogen-bond acceptors (Lipinski definition) is 12. The van der Waals surface area contributed by atoms with Crippen molar-refractivity contribution in [3.05, 3.63) is 71.1 Å². The number of allylic oxidation sites excluding steroid dienone is 1. The molecule has 1 aromatic carbocycles. The van der Waals surface area contributed by atoms with Crippen LogP contribution < -0.4 is 0 Å². The Morgan fingerprint density at radius 2 is 1.75 bits per heavy atom. The molecule has 9 rings (SSSR count). The summed E-state index contributed by atoms with van der Waals surface area (Å²) >= 11 is 0. The Balaban J connectivity index is 1.34. The van der Waals surface area contributed by atoms with Gasteiger partial charge in [-0.3, -0.25) is 24.2 Å². The SMILES string of the molecule is CC[C@]1(O)C[C@@H]2CN(CCc3c([nH]c4ccccc34)[C@@](C(=O)OC)(C3C=C4C(=CC3OC)N(C=O)[C@H]3[C@@](O)(C(=O)OC)[C@H](OC(C)=O)[C@]5(CC)C=CCN6CC[C@]43[C@@H]65)C2)C1. The number of likely N-dealkylation sites (tertiary alicyclic amines) is 1. The van der Waals surface area contributed by atoms with Gasteiger partial charge in [0.1, 0.15) is 5.41 Å². The highest BCUT2D eigenvalue weighted by Gasteiger charge is 2.82. The average molecular weight is 827 g/mol. The topological polar surface area (TPSA) is 171 Å². The van der Waals surface area contributed by atoms with Gasteiger partial charge in [0.05, 0.1) is 32.0 Å². The highest BCUT2D eigenvalue weighted by Crippen LogP contribution is 2.70. The largest absolute Gasteiger partial charge is 0.468 e. The number of esters is 3. The fourth-order valence-corrected chi connectivity index (χ4v) is 13.8. The summed E-state index contributed by atoms with van der Waals surface area (Å²) in [5, 5.41) is 26.3. The van der Waals surface area contributed by atoms with Crippen LogP contribution in [0.15, 0.2) is 59.8 Å². The van der Waals surface area contributed by atoms with Crippen LogP contribution in [0.5, 0.6) is 0 Å². The molecule has 3 saturated heterocycles. The molecule has 6 heterocycles. The fourth-order valence-electron chi connectivity index (χ4n) is 13.8. The third kappa shape index (κ3) is 5.29. The molecule has 3 unspecified atom stereocenters. The molecule has 1 amide bonds. The summed E-state index contributed by atoms with van der Waals surface area (Å²) in [6.45, 7) is 8.27. The van der Waals surface area contributed by atoms with Crippen molar-refractivity contribution in [2.24, 2.45) is 22.7 Å². The number of piperidine rings is 1. The number of methoxy groups -OCH3 is 3. The lowest BCUT2D eigenvalue weighted by Gasteiger charge is -2.63. The number of amides is 1. The molecule has 3 N–H and O–H groups in total. The summed E-state index contributed by atoms with van der Waals surface area (Å²) < 4.78 is 23.9. The Morgan fingerprint density at radius 1 is 0.983 bits per heavy atom. The number of hydrogen-bond donors (Lipinski definition) is 3. The Labute approximate surface area is 350 Å². The van der Waals surface area contributed by atoms with Gasteiger partial charge in [0.25, 0.3) is 0 Å². The number of fused-ring (bicyclic) bond motifs is 6. The minimum atomic E-state index is -2.51. The summed E-state index contributed by atoms with van der Waals surface area (Å²) in [4.78, 5) is 66.3. The molecular formula is C46H58N4O10. The average Bonchev–Trinajstić information content (AvgIpc) is 3.92. The predicted molar refractivity (Wildman–Crippen MR) is 219 cm³/mol. The molecule has 2 bridgehead atoms. The number of ether oxygens (including phenoxy) is 4. The van der Waals surface area contributed by atoms with Gasteiger partial charge in [-0.05, 0) is 74.3 Å². The fraction of sp³-hybridized carbons (Fsp3) is 0.609. The standard InChI is InChI=1S/C46H58N4O10/c1-7-42(55)22-28-23-45(40(53)58-5,36-30(14-18-48(24-28)25-42)29-12-9-10-13-33(29)47-36)32-20-31-34(21-35(32)57-4)50(26-51)38-44(31)16-19-49-17-11-15-43(8-2,37(44)49)39(60-27(3)52)46(38,56)41(54)59-6/h9-13,15,20-21,26,28,32,35,37-39,47,55-56H,7-8,14,16-19,22-25H2,1-6H3/t28-,32?,35?,37-,38+,39+,42-,43+,44+,45-,46-/m0/s1. The number of aliphatic hydroxyl groups is 2. The van der Waals surface area contributed by atoms with Crippen molar-refractivity contribution in [1.29, 1.82) is 0 Å². The molecule has 5 aliphatic heterocycles. The van der Waals surface area contributed by atoms with Crippen LogP contribution in [-0.4, -0.2) is 144 Å². The number of nitrogens with zero attached hydrogens (tertiary/aromatic N) is 3. The number of H-pyrrole nitrogens is 1. The van der Waals surface area contributed by atoms with E-state index in [-0.39, 0.29) is 5.92 Å². The summed E-state index contributed by atoms with van der Waals surface area (Å²) in [5.74, 6) is -2.99. The van der Waals surface area contributed by atoms with E-state index in [4.69, 9.17) is 18.9 Å². The minimum absolute atomic E-state index is 0.121. The number of nitrogens with one attached hydrogen (secondary N) is 1. The second-order valence-electron chi connectivity index (χ2n) is 18.5. The van der Waals surface area contributed by atoms with Gasteiger partial charge in [-0.2, -0.15) is 0 Å². The molecule has 14 nitrogen and oxygen atoms in total. The Hall–Kier alpha value is -4.34. The zero-order valence-corrected chi connectivity index (χ0v) is 35.4. The van der Waals surface area contributed by atoms with E-state index in [0.717, 1.165) is 27.7 Å². The van der Waals surface area contributed by atoms with Crippen LogP contribution in [-0.2, 0) is 50.0 Å².